The van der Waals surface area contributed by atoms with E-state index in [9.17, 15) is 0 Å². The molecule has 1 unspecified atom stereocenters. The Labute approximate surface area is 118 Å². The summed E-state index contributed by atoms with van der Waals surface area (Å²) < 4.78 is 18.5. The van der Waals surface area contributed by atoms with E-state index in [1.165, 1.54) is 0 Å². The van der Waals surface area contributed by atoms with E-state index in [-0.39, 0.29) is 0 Å². The van der Waals surface area contributed by atoms with Crippen molar-refractivity contribution in [1.29, 1.82) is 0 Å². The molecule has 18 heavy (non-hydrogen) atoms. The van der Waals surface area contributed by atoms with Gasteiger partial charge in [0.2, 0.25) is 0 Å². The summed E-state index contributed by atoms with van der Waals surface area (Å²) in [7, 11) is -4.14. The van der Waals surface area contributed by atoms with Gasteiger partial charge in [-0.05, 0) is 35.9 Å². The van der Waals surface area contributed by atoms with Crippen molar-refractivity contribution in [2.24, 2.45) is 17.8 Å². The summed E-state index contributed by atoms with van der Waals surface area (Å²) in [4.78, 5) is 0. The van der Waals surface area contributed by atoms with Gasteiger partial charge in [-0.1, -0.05) is 41.5 Å². The van der Waals surface area contributed by atoms with Gasteiger partial charge in [-0.3, -0.25) is 0 Å². The Balaban J connectivity index is 2.69. The van der Waals surface area contributed by atoms with E-state index in [0.29, 0.717) is 17.8 Å². The minimum atomic E-state index is -1.94. The normalized spacial score (nSPS) is 25.5. The molecule has 0 spiro atoms. The Hall–Kier alpha value is 0.531. The lowest BCUT2D eigenvalue weighted by molar-refractivity contribution is 0.259. The van der Waals surface area contributed by atoms with Gasteiger partial charge in [0.25, 0.3) is 10.0 Å². The smallest absolute Gasteiger partial charge is 0.320 e. The van der Waals surface area contributed by atoms with E-state index >= 15 is 0 Å². The molecule has 0 saturated carbocycles. The molecule has 0 N–H and O–H groups in total. The molecule has 0 aliphatic carbocycles. The second kappa shape index (κ2) is 7.35. The SMILES string of the molecule is CC(C)C[SiH]1O[SiH2]O[Si](CC(C)C)(CC(C)C)O1. The van der Waals surface area contributed by atoms with Gasteiger partial charge in [0, 0.05) is 0 Å². The van der Waals surface area contributed by atoms with Crippen LogP contribution in [0.15, 0.2) is 0 Å². The van der Waals surface area contributed by atoms with Crippen LogP contribution in [0.3, 0.4) is 0 Å². The number of hydrogen-bond acceptors (Lipinski definition) is 3. The fourth-order valence-electron chi connectivity index (χ4n) is 2.57. The van der Waals surface area contributed by atoms with Gasteiger partial charge in [-0.2, -0.15) is 0 Å². The molecule has 0 amide bonds. The molecule has 0 bridgehead atoms. The zero-order chi connectivity index (χ0) is 13.8. The second-order valence-corrected chi connectivity index (χ2v) is 14.3. The lowest BCUT2D eigenvalue weighted by Crippen LogP contribution is -2.55. The topological polar surface area (TPSA) is 27.7 Å². The molecular formula is C12H30O3Si3. The minimum absolute atomic E-state index is 0.663. The largest absolute Gasteiger partial charge is 0.422 e. The van der Waals surface area contributed by atoms with Gasteiger partial charge in [0.05, 0.1) is 0 Å². The highest BCUT2D eigenvalue weighted by atomic mass is 28.5. The summed E-state index contributed by atoms with van der Waals surface area (Å²) in [5, 5.41) is 0. The van der Waals surface area contributed by atoms with Crippen molar-refractivity contribution >= 4 is 27.9 Å². The first-order chi connectivity index (χ1) is 8.33. The van der Waals surface area contributed by atoms with E-state index in [4.69, 9.17) is 12.3 Å². The first kappa shape index (κ1) is 16.6. The van der Waals surface area contributed by atoms with Crippen LogP contribution in [0, 0.1) is 17.8 Å². The Morgan fingerprint density at radius 1 is 0.944 bits per heavy atom. The zero-order valence-electron chi connectivity index (χ0n) is 12.9. The van der Waals surface area contributed by atoms with Crippen LogP contribution in [0.4, 0.5) is 0 Å². The van der Waals surface area contributed by atoms with Crippen LogP contribution in [0.2, 0.25) is 18.1 Å². The van der Waals surface area contributed by atoms with Crippen LogP contribution in [0.5, 0.6) is 0 Å². The third-order valence-electron chi connectivity index (χ3n) is 3.02. The highest BCUT2D eigenvalue weighted by Gasteiger charge is 2.44. The maximum atomic E-state index is 6.47. The van der Waals surface area contributed by atoms with Crippen LogP contribution >= 0.6 is 0 Å². The van der Waals surface area contributed by atoms with Crippen molar-refractivity contribution in [2.75, 3.05) is 0 Å². The predicted molar refractivity (Wildman–Crippen MR) is 83.6 cm³/mol. The van der Waals surface area contributed by atoms with E-state index in [0.717, 1.165) is 18.1 Å². The van der Waals surface area contributed by atoms with Crippen molar-refractivity contribution < 1.29 is 12.3 Å². The van der Waals surface area contributed by atoms with Gasteiger partial charge in [-0.15, -0.1) is 0 Å². The molecule has 6 heteroatoms. The van der Waals surface area contributed by atoms with Crippen LogP contribution in [-0.4, -0.2) is 27.9 Å². The highest BCUT2D eigenvalue weighted by molar-refractivity contribution is 6.80. The number of rotatable bonds is 6. The molecule has 3 nitrogen and oxygen atoms in total. The molecule has 0 radical (unpaired) electrons. The molecule has 1 fully saturated rings. The van der Waals surface area contributed by atoms with Crippen molar-refractivity contribution in [2.45, 2.75) is 59.7 Å². The first-order valence-electron chi connectivity index (χ1n) is 7.26. The standard InChI is InChI=1S/C12H30O3Si3/c1-10(2)7-17-13-16-14-18(15-17,8-11(3)4)9-12(5)6/h10-12,17H,7-9,16H2,1-6H3. The molecule has 0 aromatic carbocycles. The Kier molecular flexibility index (Phi) is 6.77. The molecule has 0 aromatic heterocycles. The molecule has 1 atom stereocenters. The average Bonchev–Trinajstić information content (AvgIpc) is 2.12. The van der Waals surface area contributed by atoms with Gasteiger partial charge < -0.3 is 12.3 Å². The summed E-state index contributed by atoms with van der Waals surface area (Å²) in [6, 6.07) is 3.42. The van der Waals surface area contributed by atoms with E-state index in [1.807, 2.05) is 0 Å². The van der Waals surface area contributed by atoms with Crippen LogP contribution < -0.4 is 0 Å². The number of hydrogen-bond donors (Lipinski definition) is 0. The minimum Gasteiger partial charge on any atom is -0.422 e. The van der Waals surface area contributed by atoms with Crippen molar-refractivity contribution in [3.05, 3.63) is 0 Å². The summed E-state index contributed by atoms with van der Waals surface area (Å²) in [6.45, 7) is 13.6. The monoisotopic (exact) mass is 306 g/mol. The molecule has 1 heterocycles. The summed E-state index contributed by atoms with van der Waals surface area (Å²) >= 11 is 0. The highest BCUT2D eigenvalue weighted by Crippen LogP contribution is 2.31. The van der Waals surface area contributed by atoms with Gasteiger partial charge >= 0.3 is 17.8 Å². The maximum absolute atomic E-state index is 6.47. The van der Waals surface area contributed by atoms with Gasteiger partial charge in [0.1, 0.15) is 0 Å². The molecule has 1 aliphatic heterocycles. The second-order valence-electron chi connectivity index (χ2n) is 6.71. The van der Waals surface area contributed by atoms with E-state index in [2.05, 4.69) is 41.5 Å². The molecule has 1 aliphatic rings. The zero-order valence-corrected chi connectivity index (χ0v) is 16.4. The van der Waals surface area contributed by atoms with Gasteiger partial charge in [0.15, 0.2) is 0 Å². The van der Waals surface area contributed by atoms with E-state index in [1.54, 1.807) is 0 Å². The lowest BCUT2D eigenvalue weighted by Gasteiger charge is -2.41. The van der Waals surface area contributed by atoms with Crippen LogP contribution in [-0.2, 0) is 12.3 Å². The van der Waals surface area contributed by atoms with Crippen molar-refractivity contribution in [3.8, 4) is 0 Å². The fraction of sp³-hybridized carbons (Fsp3) is 1.00. The molecular weight excluding hydrogens is 276 g/mol. The Morgan fingerprint density at radius 3 is 1.94 bits per heavy atom. The van der Waals surface area contributed by atoms with Crippen LogP contribution in [0.25, 0.3) is 0 Å². The maximum Gasteiger partial charge on any atom is 0.320 e. The summed E-state index contributed by atoms with van der Waals surface area (Å²) in [6.07, 6.45) is 0. The lowest BCUT2D eigenvalue weighted by atomic mass is 10.3. The third kappa shape index (κ3) is 5.66. The predicted octanol–water partition coefficient (Wildman–Crippen LogP) is 2.68. The van der Waals surface area contributed by atoms with Crippen LogP contribution in [0.1, 0.15) is 41.5 Å². The molecule has 108 valence electrons. The van der Waals surface area contributed by atoms with Gasteiger partial charge in [-0.25, -0.2) is 0 Å². The third-order valence-corrected chi connectivity index (χ3v) is 14.6. The molecule has 1 rings (SSSR count). The molecule has 1 saturated heterocycles. The van der Waals surface area contributed by atoms with E-state index < -0.39 is 27.9 Å². The van der Waals surface area contributed by atoms with Crippen molar-refractivity contribution in [3.63, 3.8) is 0 Å². The average molecular weight is 307 g/mol. The fourth-order valence-corrected chi connectivity index (χ4v) is 14.7. The Bertz CT molecular complexity index is 237. The summed E-state index contributed by atoms with van der Waals surface area (Å²) in [5.41, 5.74) is 0. The molecule has 0 aromatic rings. The Morgan fingerprint density at radius 2 is 1.50 bits per heavy atom. The summed E-state index contributed by atoms with van der Waals surface area (Å²) in [5.74, 6) is 2.01. The quantitative estimate of drug-likeness (QED) is 0.706. The first-order valence-corrected chi connectivity index (χ1v) is 12.4. The van der Waals surface area contributed by atoms with Crippen molar-refractivity contribution in [1.82, 2.24) is 0 Å².